The molecule has 0 unspecified atom stereocenters. The van der Waals surface area contributed by atoms with Gasteiger partial charge in [-0.05, 0) is 44.1 Å². The molecule has 0 bridgehead atoms. The van der Waals surface area contributed by atoms with E-state index in [0.717, 1.165) is 24.9 Å². The average Bonchev–Trinajstić information content (AvgIpc) is 2.28. The Hall–Kier alpha value is -1.48. The van der Waals surface area contributed by atoms with Gasteiger partial charge in [-0.3, -0.25) is 4.79 Å². The van der Waals surface area contributed by atoms with Crippen molar-refractivity contribution in [2.24, 2.45) is 4.99 Å². The normalized spacial score (nSPS) is 20.1. The lowest BCUT2D eigenvalue weighted by Gasteiger charge is -2.43. The third kappa shape index (κ3) is 1.62. The molecule has 1 aliphatic heterocycles. The summed E-state index contributed by atoms with van der Waals surface area (Å²) in [5.74, 6) is -0.0804. The van der Waals surface area contributed by atoms with Gasteiger partial charge in [-0.2, -0.15) is 0 Å². The standard InChI is InChI=1S/C15H18N2O/c1-17(2)9-11-5-3-6-12-13(11)15(7-4-8-15)10-16-14(12)18/h3,5-6,10H,4,7-9H2,1-2H3. The number of carbonyl (C=O) groups is 1. The van der Waals surface area contributed by atoms with Crippen molar-refractivity contribution in [2.45, 2.75) is 31.2 Å². The highest BCUT2D eigenvalue weighted by atomic mass is 16.1. The molecular formula is C15H18N2O. The Morgan fingerprint density at radius 1 is 1.33 bits per heavy atom. The Kier molecular flexibility index (Phi) is 2.59. The summed E-state index contributed by atoms with van der Waals surface area (Å²) < 4.78 is 0. The van der Waals surface area contributed by atoms with Gasteiger partial charge in [0.2, 0.25) is 0 Å². The zero-order valence-corrected chi connectivity index (χ0v) is 10.9. The highest BCUT2D eigenvalue weighted by Crippen LogP contribution is 2.47. The molecule has 0 radical (unpaired) electrons. The summed E-state index contributed by atoms with van der Waals surface area (Å²) in [6.45, 7) is 0.881. The summed E-state index contributed by atoms with van der Waals surface area (Å²) in [4.78, 5) is 18.2. The number of carbonyl (C=O) groups excluding carboxylic acids is 1. The van der Waals surface area contributed by atoms with E-state index in [2.05, 4.69) is 30.1 Å². The highest BCUT2D eigenvalue weighted by Gasteiger charge is 2.43. The number of benzene rings is 1. The molecule has 0 aromatic heterocycles. The lowest BCUT2D eigenvalue weighted by Crippen LogP contribution is -2.41. The van der Waals surface area contributed by atoms with Crippen molar-refractivity contribution in [2.75, 3.05) is 14.1 Å². The zero-order valence-electron chi connectivity index (χ0n) is 10.9. The lowest BCUT2D eigenvalue weighted by molar-refractivity contribution is 0.0994. The minimum absolute atomic E-state index is 0.0514. The number of hydrogen-bond donors (Lipinski definition) is 0. The molecule has 3 rings (SSSR count). The Morgan fingerprint density at radius 3 is 2.72 bits per heavy atom. The second-order valence-electron chi connectivity index (χ2n) is 5.65. The fourth-order valence-electron chi connectivity index (χ4n) is 3.09. The molecule has 0 atom stereocenters. The van der Waals surface area contributed by atoms with Crippen molar-refractivity contribution in [1.29, 1.82) is 0 Å². The molecule has 3 nitrogen and oxygen atoms in total. The van der Waals surface area contributed by atoms with E-state index >= 15 is 0 Å². The van der Waals surface area contributed by atoms with E-state index in [4.69, 9.17) is 0 Å². The Balaban J connectivity index is 2.15. The van der Waals surface area contributed by atoms with Crippen LogP contribution in [0.15, 0.2) is 23.2 Å². The van der Waals surface area contributed by atoms with Gasteiger partial charge in [-0.25, -0.2) is 4.99 Å². The maximum absolute atomic E-state index is 11.9. The van der Waals surface area contributed by atoms with Gasteiger partial charge in [0.25, 0.3) is 5.91 Å². The summed E-state index contributed by atoms with van der Waals surface area (Å²) in [5, 5.41) is 0. The quantitative estimate of drug-likeness (QED) is 0.797. The van der Waals surface area contributed by atoms with E-state index in [-0.39, 0.29) is 11.3 Å². The molecular weight excluding hydrogens is 224 g/mol. The van der Waals surface area contributed by atoms with Gasteiger partial charge in [-0.15, -0.1) is 0 Å². The molecule has 1 saturated carbocycles. The summed E-state index contributed by atoms with van der Waals surface area (Å²) in [7, 11) is 4.12. The van der Waals surface area contributed by atoms with Crippen LogP contribution in [0.5, 0.6) is 0 Å². The Bertz CT molecular complexity index is 527. The summed E-state index contributed by atoms with van der Waals surface area (Å²) in [5.41, 5.74) is 3.38. The molecule has 1 heterocycles. The monoisotopic (exact) mass is 242 g/mol. The topological polar surface area (TPSA) is 32.7 Å². The van der Waals surface area contributed by atoms with E-state index in [0.29, 0.717) is 0 Å². The first-order valence-corrected chi connectivity index (χ1v) is 6.49. The van der Waals surface area contributed by atoms with Crippen LogP contribution < -0.4 is 0 Å². The molecule has 3 heteroatoms. The van der Waals surface area contributed by atoms with Gasteiger partial charge in [0, 0.05) is 23.7 Å². The third-order valence-corrected chi connectivity index (χ3v) is 4.04. The Labute approximate surface area is 108 Å². The molecule has 1 spiro atoms. The van der Waals surface area contributed by atoms with Gasteiger partial charge in [0.1, 0.15) is 0 Å². The second kappa shape index (κ2) is 4.02. The van der Waals surface area contributed by atoms with E-state index in [9.17, 15) is 4.79 Å². The second-order valence-corrected chi connectivity index (χ2v) is 5.65. The summed E-state index contributed by atoms with van der Waals surface area (Å²) in [6, 6.07) is 6.04. The maximum Gasteiger partial charge on any atom is 0.276 e. The fourth-order valence-corrected chi connectivity index (χ4v) is 3.09. The molecule has 1 amide bonds. The first-order valence-electron chi connectivity index (χ1n) is 6.49. The largest absolute Gasteiger partial charge is 0.305 e. The summed E-state index contributed by atoms with van der Waals surface area (Å²) in [6.07, 6.45) is 5.39. The van der Waals surface area contributed by atoms with E-state index in [1.807, 2.05) is 18.3 Å². The molecule has 0 saturated heterocycles. The summed E-state index contributed by atoms with van der Waals surface area (Å²) >= 11 is 0. The van der Waals surface area contributed by atoms with E-state index in [1.54, 1.807) is 0 Å². The molecule has 1 aromatic carbocycles. The van der Waals surface area contributed by atoms with Crippen LogP contribution in [0.25, 0.3) is 0 Å². The molecule has 1 fully saturated rings. The Morgan fingerprint density at radius 2 is 2.11 bits per heavy atom. The maximum atomic E-state index is 11.9. The van der Waals surface area contributed by atoms with Crippen LogP contribution in [0.3, 0.4) is 0 Å². The number of fused-ring (bicyclic) bond motifs is 2. The van der Waals surface area contributed by atoms with Crippen molar-refractivity contribution in [1.82, 2.24) is 4.90 Å². The number of nitrogens with zero attached hydrogens (tertiary/aromatic N) is 2. The van der Waals surface area contributed by atoms with Crippen molar-refractivity contribution in [3.63, 3.8) is 0 Å². The lowest BCUT2D eigenvalue weighted by atomic mass is 9.62. The van der Waals surface area contributed by atoms with Crippen molar-refractivity contribution >= 4 is 12.1 Å². The van der Waals surface area contributed by atoms with Crippen LogP contribution in [-0.4, -0.2) is 31.1 Å². The van der Waals surface area contributed by atoms with Gasteiger partial charge < -0.3 is 4.90 Å². The molecule has 94 valence electrons. The minimum Gasteiger partial charge on any atom is -0.305 e. The smallest absolute Gasteiger partial charge is 0.276 e. The predicted octanol–water partition coefficient (Wildman–Crippen LogP) is 2.39. The first-order chi connectivity index (χ1) is 8.62. The first kappa shape index (κ1) is 11.6. The van der Waals surface area contributed by atoms with Gasteiger partial charge >= 0.3 is 0 Å². The molecule has 2 aliphatic rings. The fraction of sp³-hybridized carbons (Fsp3) is 0.467. The number of rotatable bonds is 2. The van der Waals surface area contributed by atoms with E-state index < -0.39 is 0 Å². The van der Waals surface area contributed by atoms with Crippen LogP contribution >= 0.6 is 0 Å². The molecule has 18 heavy (non-hydrogen) atoms. The van der Waals surface area contributed by atoms with Crippen molar-refractivity contribution in [3.05, 3.63) is 34.9 Å². The molecule has 0 N–H and O–H groups in total. The zero-order chi connectivity index (χ0) is 12.8. The van der Waals surface area contributed by atoms with Gasteiger partial charge in [0.05, 0.1) is 0 Å². The van der Waals surface area contributed by atoms with Crippen LogP contribution in [0.1, 0.15) is 40.7 Å². The van der Waals surface area contributed by atoms with E-state index in [1.165, 1.54) is 17.5 Å². The van der Waals surface area contributed by atoms with Crippen molar-refractivity contribution < 1.29 is 4.79 Å². The van der Waals surface area contributed by atoms with Crippen LogP contribution in [0.2, 0.25) is 0 Å². The van der Waals surface area contributed by atoms with Crippen molar-refractivity contribution in [3.8, 4) is 0 Å². The van der Waals surface area contributed by atoms with Crippen LogP contribution in [-0.2, 0) is 12.0 Å². The van der Waals surface area contributed by atoms with Gasteiger partial charge in [0.15, 0.2) is 0 Å². The third-order valence-electron chi connectivity index (χ3n) is 4.04. The SMILES string of the molecule is CN(C)Cc1cccc2c1C1(C=NC2=O)CCC1. The number of hydrogen-bond acceptors (Lipinski definition) is 2. The molecule has 1 aromatic rings. The van der Waals surface area contributed by atoms with Crippen LogP contribution in [0.4, 0.5) is 0 Å². The van der Waals surface area contributed by atoms with Crippen LogP contribution in [0, 0.1) is 0 Å². The highest BCUT2D eigenvalue weighted by molar-refractivity contribution is 6.06. The minimum atomic E-state index is -0.0804. The number of aliphatic imine (C=N–C) groups is 1. The average molecular weight is 242 g/mol. The molecule has 1 aliphatic carbocycles. The predicted molar refractivity (Wildman–Crippen MR) is 72.2 cm³/mol. The number of amides is 1. The van der Waals surface area contributed by atoms with Gasteiger partial charge in [-0.1, -0.05) is 18.6 Å².